The molecule has 0 spiro atoms. The summed E-state index contributed by atoms with van der Waals surface area (Å²) in [5, 5.41) is 0. The second-order valence-corrected chi connectivity index (χ2v) is 2.25. The predicted octanol–water partition coefficient (Wildman–Crippen LogP) is 1.71. The SMILES string of the molecule is C1=Cc2ccccc2OC1.[Cu].[Pb].[Zn]. The molecule has 0 unspecified atom stereocenters. The molecule has 13 heavy (non-hydrogen) atoms. The van der Waals surface area contributed by atoms with Gasteiger partial charge in [-0.15, -0.1) is 0 Å². The van der Waals surface area contributed by atoms with E-state index in [1.165, 1.54) is 5.56 Å². The normalized spacial score (nSPS) is 10.8. The zero-order valence-electron chi connectivity index (χ0n) is 7.09. The molecule has 0 aromatic heterocycles. The zero-order chi connectivity index (χ0) is 6.81. The summed E-state index contributed by atoms with van der Waals surface area (Å²) in [5.74, 6) is 0.991. The van der Waals surface area contributed by atoms with Crippen molar-refractivity contribution in [3.05, 3.63) is 35.9 Å². The minimum atomic E-state index is 0. The largest absolute Gasteiger partial charge is 0.489 e. The van der Waals surface area contributed by atoms with Crippen molar-refractivity contribution in [2.24, 2.45) is 0 Å². The number of hydrogen-bond acceptors (Lipinski definition) is 1. The second-order valence-electron chi connectivity index (χ2n) is 2.25. The van der Waals surface area contributed by atoms with Crippen LogP contribution < -0.4 is 4.74 Å². The summed E-state index contributed by atoms with van der Waals surface area (Å²) in [6, 6.07) is 8.03. The molecule has 1 aromatic rings. The molecular weight excluding hydrogens is 460 g/mol. The van der Waals surface area contributed by atoms with Crippen molar-refractivity contribution in [1.82, 2.24) is 0 Å². The first-order chi connectivity index (χ1) is 4.97. The van der Waals surface area contributed by atoms with E-state index in [1.54, 1.807) is 0 Å². The van der Waals surface area contributed by atoms with Crippen LogP contribution in [0.1, 0.15) is 5.56 Å². The summed E-state index contributed by atoms with van der Waals surface area (Å²) in [7, 11) is 0. The smallest absolute Gasteiger partial charge is 0.126 e. The standard InChI is InChI=1S/C9H8O.Cu.Pb.Zn/c1-2-6-9-8(4-1)5-3-7-10-9;;;/h1-6H,7H2;;;. The molecule has 0 amide bonds. The quantitative estimate of drug-likeness (QED) is 0.527. The van der Waals surface area contributed by atoms with E-state index in [9.17, 15) is 0 Å². The van der Waals surface area contributed by atoms with Crippen LogP contribution in [0.5, 0.6) is 5.75 Å². The van der Waals surface area contributed by atoms with Gasteiger partial charge in [0.1, 0.15) is 12.4 Å². The molecule has 2 rings (SSSR count). The van der Waals surface area contributed by atoms with E-state index in [1.807, 2.05) is 30.3 Å². The van der Waals surface area contributed by atoms with Gasteiger partial charge in [0.05, 0.1) is 0 Å². The van der Waals surface area contributed by atoms with Crippen molar-refractivity contribution in [3.63, 3.8) is 0 Å². The summed E-state index contributed by atoms with van der Waals surface area (Å²) in [5.41, 5.74) is 1.17. The Hall–Kier alpha value is 0.825. The molecule has 1 aromatic carbocycles. The van der Waals surface area contributed by atoms with Crippen molar-refractivity contribution in [2.75, 3.05) is 6.61 Å². The molecule has 1 aliphatic heterocycles. The maximum Gasteiger partial charge on any atom is 0.126 e. The third kappa shape index (κ3) is 4.24. The minimum Gasteiger partial charge on any atom is -0.489 e. The van der Waals surface area contributed by atoms with Gasteiger partial charge in [-0.1, -0.05) is 24.3 Å². The molecule has 0 saturated carbocycles. The molecular formula is C9H8CuOPbZn. The third-order valence-corrected chi connectivity index (χ3v) is 1.55. The van der Waals surface area contributed by atoms with E-state index >= 15 is 0 Å². The number of fused-ring (bicyclic) bond motifs is 1. The fraction of sp³-hybridized carbons (Fsp3) is 0.111. The molecule has 0 fully saturated rings. The molecule has 4 heteroatoms. The van der Waals surface area contributed by atoms with Crippen LogP contribution >= 0.6 is 0 Å². The van der Waals surface area contributed by atoms with Crippen molar-refractivity contribution in [2.45, 2.75) is 0 Å². The van der Waals surface area contributed by atoms with E-state index in [0.29, 0.717) is 6.61 Å². The van der Waals surface area contributed by atoms with Gasteiger partial charge in [0.15, 0.2) is 0 Å². The summed E-state index contributed by atoms with van der Waals surface area (Å²) in [4.78, 5) is 0. The number of ether oxygens (including phenoxy) is 1. The zero-order valence-corrected chi connectivity index (χ0v) is 14.9. The Kier molecular flexibility index (Phi) is 10.2. The maximum atomic E-state index is 5.34. The van der Waals surface area contributed by atoms with Gasteiger partial charge in [0.2, 0.25) is 0 Å². The van der Waals surface area contributed by atoms with E-state index in [-0.39, 0.29) is 63.8 Å². The Labute approximate surface area is 122 Å². The number of benzene rings is 1. The number of hydrogen-bond donors (Lipinski definition) is 0. The van der Waals surface area contributed by atoms with Crippen molar-refractivity contribution < 1.29 is 41.3 Å². The molecule has 1 aliphatic rings. The van der Waals surface area contributed by atoms with Crippen molar-refractivity contribution in [1.29, 1.82) is 0 Å². The molecule has 1 heterocycles. The first-order valence-corrected chi connectivity index (χ1v) is 3.35. The van der Waals surface area contributed by atoms with Gasteiger partial charge in [0.25, 0.3) is 0 Å². The van der Waals surface area contributed by atoms with Crippen molar-refractivity contribution >= 4 is 33.4 Å². The van der Waals surface area contributed by atoms with E-state index < -0.39 is 0 Å². The number of rotatable bonds is 0. The van der Waals surface area contributed by atoms with Gasteiger partial charge < -0.3 is 4.74 Å². The van der Waals surface area contributed by atoms with Crippen LogP contribution in [0.3, 0.4) is 0 Å². The van der Waals surface area contributed by atoms with Gasteiger partial charge >= 0.3 is 0 Å². The summed E-state index contributed by atoms with van der Waals surface area (Å²) < 4.78 is 5.34. The van der Waals surface area contributed by atoms with E-state index in [4.69, 9.17) is 4.74 Å². The van der Waals surface area contributed by atoms with E-state index in [2.05, 4.69) is 6.08 Å². The van der Waals surface area contributed by atoms with Crippen LogP contribution in [0.25, 0.3) is 6.08 Å². The summed E-state index contributed by atoms with van der Waals surface area (Å²) in [6.45, 7) is 0.705. The monoisotopic (exact) mass is 467 g/mol. The molecule has 0 atom stereocenters. The van der Waals surface area contributed by atoms with Crippen LogP contribution in [0.4, 0.5) is 0 Å². The molecule has 0 aliphatic carbocycles. The number of para-hydroxylation sites is 1. The average molecular weight is 468 g/mol. The van der Waals surface area contributed by atoms with Crippen LogP contribution in [-0.2, 0) is 36.5 Å². The Morgan fingerprint density at radius 1 is 1.15 bits per heavy atom. The summed E-state index contributed by atoms with van der Waals surface area (Å²) in [6.07, 6.45) is 4.10. The Morgan fingerprint density at radius 2 is 1.85 bits per heavy atom. The Morgan fingerprint density at radius 3 is 2.54 bits per heavy atom. The van der Waals surface area contributed by atoms with Gasteiger partial charge in [-0.05, 0) is 12.1 Å². The third-order valence-electron chi connectivity index (χ3n) is 1.55. The van der Waals surface area contributed by atoms with Gasteiger partial charge in [-0.2, -0.15) is 0 Å². The molecule has 5 radical (unpaired) electrons. The van der Waals surface area contributed by atoms with Crippen molar-refractivity contribution in [3.8, 4) is 5.75 Å². The Bertz CT molecular complexity index is 278. The molecule has 0 N–H and O–H groups in total. The van der Waals surface area contributed by atoms with Crippen LogP contribution in [0.15, 0.2) is 30.3 Å². The van der Waals surface area contributed by atoms with Gasteiger partial charge in [-0.25, -0.2) is 0 Å². The topological polar surface area (TPSA) is 9.23 Å². The average Bonchev–Trinajstić information content (AvgIpc) is 2.05. The fourth-order valence-electron chi connectivity index (χ4n) is 1.06. The van der Waals surface area contributed by atoms with Crippen LogP contribution in [0.2, 0.25) is 0 Å². The van der Waals surface area contributed by atoms with E-state index in [0.717, 1.165) is 5.75 Å². The molecule has 1 nitrogen and oxygen atoms in total. The molecule has 67 valence electrons. The van der Waals surface area contributed by atoms with Crippen LogP contribution in [-0.4, -0.2) is 33.9 Å². The fourth-order valence-corrected chi connectivity index (χ4v) is 1.06. The Balaban J connectivity index is 0. The predicted molar refractivity (Wildman–Crippen MR) is 46.7 cm³/mol. The van der Waals surface area contributed by atoms with Crippen LogP contribution in [0, 0.1) is 0 Å². The second kappa shape index (κ2) is 8.16. The minimum absolute atomic E-state index is 0. The van der Waals surface area contributed by atoms with Gasteiger partial charge in [0, 0.05) is 69.4 Å². The molecule has 0 bridgehead atoms. The van der Waals surface area contributed by atoms with Gasteiger partial charge in [-0.3, -0.25) is 0 Å². The maximum absolute atomic E-state index is 5.34. The summed E-state index contributed by atoms with van der Waals surface area (Å²) >= 11 is 0. The first-order valence-electron chi connectivity index (χ1n) is 3.35. The molecule has 0 saturated heterocycles. The first kappa shape index (κ1) is 16.3.